The van der Waals surface area contributed by atoms with E-state index in [1.165, 1.54) is 0 Å². The Morgan fingerprint density at radius 2 is 1.92 bits per heavy atom. The number of hydrogen-bond donors (Lipinski definition) is 3. The monoisotopic (exact) mass is 535 g/mol. The molecule has 0 radical (unpaired) electrons. The van der Waals surface area contributed by atoms with E-state index in [1.54, 1.807) is 0 Å². The standard InChI is InChI=1S/C28H41NO7S/c1-14(2)9-19-24-17(5)16(4)11-18-10-15(3)7-8-20(30)21(31)12-23(37-13-22(32)26(34)36-6)25(33)28(18,24)27(35)29-19/h10-11,14,17-20,22-24,30,32H,7-9,12-13H2,1-6H3,(H,29,35)/b15-10+/t17-,18+,19+,20-,22-,23-,24+,28+/m1/s1. The predicted octanol–water partition coefficient (Wildman–Crippen LogP) is 2.61. The molecule has 0 bridgehead atoms. The SMILES string of the molecule is COC(=O)[C@H](O)CS[C@@H]1CC(=O)[C@H](O)CC/C(C)=C/[C@H]2C=C(C)[C@@H](C)[C@H]3[C@H](CC(C)C)NC(=O)[C@]32C1=O. The van der Waals surface area contributed by atoms with Crippen LogP contribution >= 0.6 is 11.8 Å². The van der Waals surface area contributed by atoms with E-state index in [9.17, 15) is 29.4 Å². The number of rotatable bonds is 6. The molecule has 1 aliphatic heterocycles. The molecular formula is C28H41NO7S. The molecule has 0 unspecified atom stereocenters. The second-order valence-corrected chi connectivity index (χ2v) is 12.5. The van der Waals surface area contributed by atoms with E-state index in [2.05, 4.69) is 30.8 Å². The van der Waals surface area contributed by atoms with Crippen molar-refractivity contribution in [1.82, 2.24) is 5.32 Å². The first-order valence-corrected chi connectivity index (χ1v) is 14.2. The number of thioether (sulfide) groups is 1. The molecule has 8 atom stereocenters. The van der Waals surface area contributed by atoms with Crippen LogP contribution in [0.15, 0.2) is 23.3 Å². The maximum absolute atomic E-state index is 14.6. The number of esters is 1. The third-order valence-corrected chi connectivity index (χ3v) is 9.56. The van der Waals surface area contributed by atoms with Crippen molar-refractivity contribution in [2.24, 2.45) is 29.1 Å². The summed E-state index contributed by atoms with van der Waals surface area (Å²) in [5.74, 6) is -2.77. The van der Waals surface area contributed by atoms with Crippen LogP contribution in [0.4, 0.5) is 0 Å². The quantitative estimate of drug-likeness (QED) is 0.269. The topological polar surface area (TPSA) is 130 Å². The molecule has 0 saturated carbocycles. The summed E-state index contributed by atoms with van der Waals surface area (Å²) in [5.41, 5.74) is 0.598. The molecule has 0 aromatic rings. The van der Waals surface area contributed by atoms with Gasteiger partial charge in [0.1, 0.15) is 11.5 Å². The van der Waals surface area contributed by atoms with Gasteiger partial charge in [-0.2, -0.15) is 0 Å². The first kappa shape index (κ1) is 29.6. The largest absolute Gasteiger partial charge is 0.467 e. The molecule has 8 nitrogen and oxygen atoms in total. The van der Waals surface area contributed by atoms with Crippen molar-refractivity contribution in [1.29, 1.82) is 0 Å². The lowest BCUT2D eigenvalue weighted by atomic mass is 9.54. The Bertz CT molecular complexity index is 989. The van der Waals surface area contributed by atoms with Gasteiger partial charge in [-0.15, -0.1) is 11.8 Å². The number of allylic oxidation sites excluding steroid dienone is 4. The summed E-state index contributed by atoms with van der Waals surface area (Å²) < 4.78 is 4.60. The summed E-state index contributed by atoms with van der Waals surface area (Å²) in [7, 11) is 1.16. The molecule has 3 rings (SSSR count). The molecule has 1 saturated heterocycles. The molecule has 0 aromatic heterocycles. The number of nitrogens with one attached hydrogen (secondary N) is 1. The Kier molecular flexibility index (Phi) is 9.46. The predicted molar refractivity (Wildman–Crippen MR) is 142 cm³/mol. The summed E-state index contributed by atoms with van der Waals surface area (Å²) in [4.78, 5) is 53.5. The van der Waals surface area contributed by atoms with Gasteiger partial charge in [-0.05, 0) is 44.9 Å². The highest BCUT2D eigenvalue weighted by Crippen LogP contribution is 2.56. The second kappa shape index (κ2) is 11.8. The van der Waals surface area contributed by atoms with Crippen molar-refractivity contribution >= 4 is 35.2 Å². The van der Waals surface area contributed by atoms with E-state index in [4.69, 9.17) is 0 Å². The molecule has 1 amide bonds. The number of carbonyl (C=O) groups excluding carboxylic acids is 4. The number of ketones is 2. The lowest BCUT2D eigenvalue weighted by Crippen LogP contribution is -2.55. The minimum atomic E-state index is -1.48. The van der Waals surface area contributed by atoms with Crippen molar-refractivity contribution in [3.63, 3.8) is 0 Å². The van der Waals surface area contributed by atoms with E-state index < -0.39 is 40.5 Å². The fourth-order valence-electron chi connectivity index (χ4n) is 6.28. The van der Waals surface area contributed by atoms with Crippen LogP contribution in [0.5, 0.6) is 0 Å². The second-order valence-electron chi connectivity index (χ2n) is 11.3. The Morgan fingerprint density at radius 3 is 2.54 bits per heavy atom. The number of aliphatic hydroxyl groups is 2. The molecule has 0 aromatic carbocycles. The summed E-state index contributed by atoms with van der Waals surface area (Å²) in [6.45, 7) is 10.2. The Labute approximate surface area is 223 Å². The van der Waals surface area contributed by atoms with Gasteiger partial charge in [0.2, 0.25) is 5.91 Å². The van der Waals surface area contributed by atoms with E-state index >= 15 is 0 Å². The van der Waals surface area contributed by atoms with Crippen LogP contribution in [0.25, 0.3) is 0 Å². The lowest BCUT2D eigenvalue weighted by molar-refractivity contribution is -0.149. The molecule has 2 aliphatic carbocycles. The van der Waals surface area contributed by atoms with E-state index in [-0.39, 0.29) is 48.2 Å². The van der Waals surface area contributed by atoms with Gasteiger partial charge in [0.05, 0.1) is 12.4 Å². The van der Waals surface area contributed by atoms with Crippen molar-refractivity contribution in [2.75, 3.05) is 12.9 Å². The Hall–Kier alpha value is -1.97. The van der Waals surface area contributed by atoms with E-state index in [0.29, 0.717) is 12.3 Å². The Balaban J connectivity index is 2.17. The summed E-state index contributed by atoms with van der Waals surface area (Å²) in [6, 6.07) is -0.205. The molecule has 1 heterocycles. The van der Waals surface area contributed by atoms with Crippen molar-refractivity contribution < 1.29 is 34.1 Å². The van der Waals surface area contributed by atoms with E-state index in [0.717, 1.165) is 36.4 Å². The number of methoxy groups -OCH3 is 1. The number of ether oxygens (including phenoxy) is 1. The van der Waals surface area contributed by atoms with Crippen LogP contribution < -0.4 is 5.32 Å². The number of amides is 1. The van der Waals surface area contributed by atoms with Gasteiger partial charge in [0, 0.05) is 30.1 Å². The van der Waals surface area contributed by atoms with Crippen LogP contribution in [-0.4, -0.2) is 70.0 Å². The third kappa shape index (κ3) is 5.73. The molecule has 3 aliphatic rings. The normalized spacial score (nSPS) is 36.9. The highest BCUT2D eigenvalue weighted by Gasteiger charge is 2.66. The number of aliphatic hydroxyl groups excluding tert-OH is 2. The molecule has 1 fully saturated rings. The number of hydrogen-bond acceptors (Lipinski definition) is 8. The maximum Gasteiger partial charge on any atom is 0.335 e. The zero-order valence-corrected chi connectivity index (χ0v) is 23.5. The fraction of sp³-hybridized carbons (Fsp3) is 0.714. The van der Waals surface area contributed by atoms with Crippen molar-refractivity contribution in [2.45, 2.75) is 83.8 Å². The molecule has 1 spiro atoms. The minimum Gasteiger partial charge on any atom is -0.467 e. The average molecular weight is 536 g/mol. The van der Waals surface area contributed by atoms with Crippen LogP contribution in [0.2, 0.25) is 0 Å². The van der Waals surface area contributed by atoms with Crippen LogP contribution in [-0.2, 0) is 23.9 Å². The zero-order chi connectivity index (χ0) is 27.7. The molecule has 206 valence electrons. The van der Waals surface area contributed by atoms with Crippen molar-refractivity contribution in [3.05, 3.63) is 23.3 Å². The lowest BCUT2D eigenvalue weighted by Gasteiger charge is -2.46. The van der Waals surface area contributed by atoms with E-state index in [1.807, 2.05) is 26.0 Å². The number of carbonyl (C=O) groups is 4. The van der Waals surface area contributed by atoms with Gasteiger partial charge in [-0.25, -0.2) is 4.79 Å². The summed E-state index contributed by atoms with van der Waals surface area (Å²) >= 11 is 0.974. The highest BCUT2D eigenvalue weighted by atomic mass is 32.2. The maximum atomic E-state index is 14.6. The smallest absolute Gasteiger partial charge is 0.335 e. The summed E-state index contributed by atoms with van der Waals surface area (Å²) in [6.07, 6.45) is 2.39. The van der Waals surface area contributed by atoms with Gasteiger partial charge in [0.25, 0.3) is 0 Å². The first-order valence-electron chi connectivity index (χ1n) is 13.1. The average Bonchev–Trinajstić information content (AvgIpc) is 3.12. The fourth-order valence-corrected chi connectivity index (χ4v) is 7.46. The number of Topliss-reactive ketones (excluding diaryl/α,β-unsaturated/α-hetero) is 2. The van der Waals surface area contributed by atoms with Gasteiger partial charge in [0.15, 0.2) is 17.7 Å². The highest BCUT2D eigenvalue weighted by molar-refractivity contribution is 8.00. The van der Waals surface area contributed by atoms with Gasteiger partial charge >= 0.3 is 5.97 Å². The summed E-state index contributed by atoms with van der Waals surface area (Å²) in [5, 5.41) is 22.9. The third-order valence-electron chi connectivity index (χ3n) is 8.27. The van der Waals surface area contributed by atoms with Gasteiger partial charge < -0.3 is 20.3 Å². The molecular weight excluding hydrogens is 494 g/mol. The first-order chi connectivity index (χ1) is 17.3. The van der Waals surface area contributed by atoms with Gasteiger partial charge in [-0.3, -0.25) is 14.4 Å². The minimum absolute atomic E-state index is 0.0469. The molecule has 37 heavy (non-hydrogen) atoms. The Morgan fingerprint density at radius 1 is 1.24 bits per heavy atom. The zero-order valence-electron chi connectivity index (χ0n) is 22.7. The van der Waals surface area contributed by atoms with Crippen LogP contribution in [0, 0.1) is 29.1 Å². The molecule has 3 N–H and O–H groups in total. The van der Waals surface area contributed by atoms with Gasteiger partial charge in [-0.1, -0.05) is 44.1 Å². The van der Waals surface area contributed by atoms with Crippen LogP contribution in [0.1, 0.15) is 60.3 Å². The van der Waals surface area contributed by atoms with Crippen LogP contribution in [0.3, 0.4) is 0 Å². The molecule has 9 heteroatoms. The van der Waals surface area contributed by atoms with Crippen molar-refractivity contribution in [3.8, 4) is 0 Å².